The summed E-state index contributed by atoms with van der Waals surface area (Å²) >= 11 is 6.01. The molecule has 0 saturated heterocycles. The number of rotatable bonds is 2. The molecule has 0 bridgehead atoms. The van der Waals surface area contributed by atoms with Crippen LogP contribution >= 0.6 is 11.6 Å². The molecule has 2 rings (SSSR count). The number of hydrogen-bond acceptors (Lipinski definition) is 3. The number of hydrogen-bond donors (Lipinski definition) is 2. The molecule has 0 spiro atoms. The van der Waals surface area contributed by atoms with Gasteiger partial charge in [0.1, 0.15) is 5.69 Å². The molecule has 0 aliphatic rings. The molecule has 0 fully saturated rings. The smallest absolute Gasteiger partial charge is 0.250 e. The Morgan fingerprint density at radius 3 is 2.53 bits per heavy atom. The predicted molar refractivity (Wildman–Crippen MR) is 70.9 cm³/mol. The lowest BCUT2D eigenvalue weighted by Gasteiger charge is -2.09. The molecule has 5 nitrogen and oxygen atoms in total. The van der Waals surface area contributed by atoms with Crippen LogP contribution in [0, 0.1) is 19.7 Å². The number of carbonyl (C=O) groups excluding carboxylic acids is 1. The average molecular weight is 283 g/mol. The number of benzene rings is 1. The fraction of sp³-hybridized carbons (Fsp3) is 0.167. The van der Waals surface area contributed by atoms with E-state index in [0.29, 0.717) is 16.4 Å². The molecule has 7 heteroatoms. The number of nitrogens with two attached hydrogens (primary N) is 2. The van der Waals surface area contributed by atoms with Crippen molar-refractivity contribution < 1.29 is 9.18 Å². The highest BCUT2D eigenvalue weighted by Crippen LogP contribution is 2.26. The molecular formula is C12H12ClFN4O. The van der Waals surface area contributed by atoms with Gasteiger partial charge in [-0.2, -0.15) is 5.10 Å². The van der Waals surface area contributed by atoms with Gasteiger partial charge >= 0.3 is 0 Å². The van der Waals surface area contributed by atoms with E-state index in [1.807, 2.05) is 0 Å². The minimum Gasteiger partial charge on any atom is -0.398 e. The molecule has 0 saturated carbocycles. The third-order valence-corrected chi connectivity index (χ3v) is 3.36. The van der Waals surface area contributed by atoms with Crippen molar-refractivity contribution in [3.8, 4) is 5.69 Å². The molecule has 1 aromatic carbocycles. The van der Waals surface area contributed by atoms with Gasteiger partial charge in [0, 0.05) is 5.69 Å². The molecule has 0 atom stereocenters. The lowest BCUT2D eigenvalue weighted by molar-refractivity contribution is 0.100. The lowest BCUT2D eigenvalue weighted by Crippen LogP contribution is -2.15. The molecule has 100 valence electrons. The van der Waals surface area contributed by atoms with E-state index in [-0.39, 0.29) is 16.9 Å². The van der Waals surface area contributed by atoms with Gasteiger partial charge in [-0.05, 0) is 26.0 Å². The molecule has 2 aromatic rings. The van der Waals surface area contributed by atoms with E-state index in [2.05, 4.69) is 5.10 Å². The van der Waals surface area contributed by atoms with Gasteiger partial charge in [0.2, 0.25) is 0 Å². The van der Waals surface area contributed by atoms with Crippen molar-refractivity contribution in [1.29, 1.82) is 0 Å². The summed E-state index contributed by atoms with van der Waals surface area (Å²) in [6, 6.07) is 2.31. The normalized spacial score (nSPS) is 10.7. The first-order chi connectivity index (χ1) is 8.82. The zero-order chi connectivity index (χ0) is 14.3. The van der Waals surface area contributed by atoms with Gasteiger partial charge in [0.05, 0.1) is 22.0 Å². The number of anilines is 1. The number of amides is 1. The van der Waals surface area contributed by atoms with Gasteiger partial charge in [0.25, 0.3) is 5.91 Å². The van der Waals surface area contributed by atoms with Crippen molar-refractivity contribution in [2.24, 2.45) is 5.73 Å². The van der Waals surface area contributed by atoms with Crippen LogP contribution in [0.15, 0.2) is 12.1 Å². The molecular weight excluding hydrogens is 271 g/mol. The molecule has 0 radical (unpaired) electrons. The number of aromatic nitrogens is 2. The summed E-state index contributed by atoms with van der Waals surface area (Å²) in [6.45, 7) is 3.40. The van der Waals surface area contributed by atoms with Crippen LogP contribution in [0.25, 0.3) is 5.69 Å². The van der Waals surface area contributed by atoms with Crippen molar-refractivity contribution in [2.75, 3.05) is 5.73 Å². The molecule has 0 aliphatic heterocycles. The summed E-state index contributed by atoms with van der Waals surface area (Å²) in [5.74, 6) is -1.34. The third-order valence-electron chi connectivity index (χ3n) is 2.82. The highest BCUT2D eigenvalue weighted by Gasteiger charge is 2.17. The van der Waals surface area contributed by atoms with Crippen LogP contribution in [0.1, 0.15) is 21.7 Å². The maximum absolute atomic E-state index is 14.0. The highest BCUT2D eigenvalue weighted by molar-refractivity contribution is 6.31. The third kappa shape index (κ3) is 2.15. The number of primary amides is 1. The number of carbonyl (C=O) groups is 1. The second-order valence-electron chi connectivity index (χ2n) is 4.15. The molecule has 19 heavy (non-hydrogen) atoms. The van der Waals surface area contributed by atoms with Crippen molar-refractivity contribution in [3.63, 3.8) is 0 Å². The van der Waals surface area contributed by atoms with E-state index in [1.54, 1.807) is 13.8 Å². The fourth-order valence-corrected chi connectivity index (χ4v) is 1.93. The van der Waals surface area contributed by atoms with E-state index in [0.717, 1.165) is 6.07 Å². The van der Waals surface area contributed by atoms with E-state index in [1.165, 1.54) is 10.7 Å². The Bertz CT molecular complexity index is 681. The first kappa shape index (κ1) is 13.4. The Labute approximate surface area is 114 Å². The summed E-state index contributed by atoms with van der Waals surface area (Å²) in [5, 5.41) is 4.56. The minimum absolute atomic E-state index is 0.0126. The van der Waals surface area contributed by atoms with Gasteiger partial charge in [-0.25, -0.2) is 9.07 Å². The van der Waals surface area contributed by atoms with Gasteiger partial charge in [-0.3, -0.25) is 4.79 Å². The standard InChI is InChI=1S/C12H12ClFN4O/c1-5-11(13)6(2)18(17-5)10-3-7(12(16)19)9(15)4-8(10)14/h3-4H,15H2,1-2H3,(H2,16,19). The molecule has 1 heterocycles. The largest absolute Gasteiger partial charge is 0.398 e. The van der Waals surface area contributed by atoms with Crippen molar-refractivity contribution in [1.82, 2.24) is 9.78 Å². The van der Waals surface area contributed by atoms with Crippen molar-refractivity contribution in [2.45, 2.75) is 13.8 Å². The number of aryl methyl sites for hydroxylation is 1. The van der Waals surface area contributed by atoms with Gasteiger partial charge in [-0.1, -0.05) is 11.6 Å². The van der Waals surface area contributed by atoms with E-state index >= 15 is 0 Å². The van der Waals surface area contributed by atoms with Crippen LogP contribution in [0.2, 0.25) is 5.02 Å². The van der Waals surface area contributed by atoms with E-state index in [4.69, 9.17) is 23.1 Å². The average Bonchev–Trinajstić information content (AvgIpc) is 2.57. The summed E-state index contributed by atoms with van der Waals surface area (Å²) in [6.07, 6.45) is 0. The molecule has 0 unspecified atom stereocenters. The van der Waals surface area contributed by atoms with Crippen LogP contribution in [0.4, 0.5) is 10.1 Å². The topological polar surface area (TPSA) is 86.9 Å². The first-order valence-corrected chi connectivity index (χ1v) is 5.81. The maximum Gasteiger partial charge on any atom is 0.250 e. The van der Waals surface area contributed by atoms with Crippen LogP contribution in [0.3, 0.4) is 0 Å². The highest BCUT2D eigenvalue weighted by atomic mass is 35.5. The van der Waals surface area contributed by atoms with Crippen LogP contribution in [-0.4, -0.2) is 15.7 Å². The number of nitrogen functional groups attached to an aromatic ring is 1. The second kappa shape index (κ2) is 4.55. The van der Waals surface area contributed by atoms with Gasteiger partial charge < -0.3 is 11.5 Å². The first-order valence-electron chi connectivity index (χ1n) is 5.43. The van der Waals surface area contributed by atoms with Crippen LogP contribution in [-0.2, 0) is 0 Å². The quantitative estimate of drug-likeness (QED) is 0.826. The Morgan fingerprint density at radius 2 is 2.05 bits per heavy atom. The lowest BCUT2D eigenvalue weighted by atomic mass is 10.1. The molecule has 1 amide bonds. The minimum atomic E-state index is -0.730. The molecule has 0 aliphatic carbocycles. The second-order valence-corrected chi connectivity index (χ2v) is 4.53. The van der Waals surface area contributed by atoms with Crippen molar-refractivity contribution >= 4 is 23.2 Å². The molecule has 4 N–H and O–H groups in total. The molecule has 1 aromatic heterocycles. The number of nitrogens with zero attached hydrogens (tertiary/aromatic N) is 2. The van der Waals surface area contributed by atoms with Crippen LogP contribution in [0.5, 0.6) is 0 Å². The van der Waals surface area contributed by atoms with Crippen LogP contribution < -0.4 is 11.5 Å². The summed E-state index contributed by atoms with van der Waals surface area (Å²) < 4.78 is 15.3. The van der Waals surface area contributed by atoms with E-state index < -0.39 is 11.7 Å². The Balaban J connectivity index is 2.71. The van der Waals surface area contributed by atoms with Crippen molar-refractivity contribution in [3.05, 3.63) is 39.9 Å². The fourth-order valence-electron chi connectivity index (χ4n) is 1.81. The predicted octanol–water partition coefficient (Wildman–Crippen LogP) is 1.96. The summed E-state index contributed by atoms with van der Waals surface area (Å²) in [5.41, 5.74) is 12.0. The maximum atomic E-state index is 14.0. The SMILES string of the molecule is Cc1nn(-c2cc(C(N)=O)c(N)cc2F)c(C)c1Cl. The number of halogens is 2. The Hall–Kier alpha value is -2.08. The van der Waals surface area contributed by atoms with Gasteiger partial charge in [0.15, 0.2) is 5.82 Å². The summed E-state index contributed by atoms with van der Waals surface area (Å²) in [4.78, 5) is 11.2. The zero-order valence-corrected chi connectivity index (χ0v) is 11.1. The monoisotopic (exact) mass is 282 g/mol. The Morgan fingerprint density at radius 1 is 1.42 bits per heavy atom. The summed E-state index contributed by atoms with van der Waals surface area (Å²) in [7, 11) is 0. The van der Waals surface area contributed by atoms with E-state index in [9.17, 15) is 9.18 Å². The Kier molecular flexibility index (Phi) is 3.20. The van der Waals surface area contributed by atoms with Gasteiger partial charge in [-0.15, -0.1) is 0 Å². The zero-order valence-electron chi connectivity index (χ0n) is 10.4.